The largest absolute Gasteiger partial charge is 0.493 e. The Kier molecular flexibility index (Phi) is 7.50. The van der Waals surface area contributed by atoms with Crippen molar-refractivity contribution in [1.29, 1.82) is 0 Å². The fourth-order valence-corrected chi connectivity index (χ4v) is 3.71. The van der Waals surface area contributed by atoms with E-state index in [2.05, 4.69) is 48.0 Å². The molecule has 1 aromatic heterocycles. The summed E-state index contributed by atoms with van der Waals surface area (Å²) in [4.78, 5) is 16.7. The van der Waals surface area contributed by atoms with Gasteiger partial charge in [-0.05, 0) is 49.4 Å². The van der Waals surface area contributed by atoms with Gasteiger partial charge in [0, 0.05) is 13.0 Å². The number of ether oxygens (including phenoxy) is 1. The maximum Gasteiger partial charge on any atom is 0.220 e. The first-order valence-corrected chi connectivity index (χ1v) is 11.0. The number of fused-ring (bicyclic) bond motifs is 1. The van der Waals surface area contributed by atoms with Crippen molar-refractivity contribution in [3.8, 4) is 5.75 Å². The first-order valence-electron chi connectivity index (χ1n) is 11.0. The van der Waals surface area contributed by atoms with Gasteiger partial charge in [-0.3, -0.25) is 4.79 Å². The van der Waals surface area contributed by atoms with Crippen LogP contribution in [0.4, 0.5) is 0 Å². The predicted octanol–water partition coefficient (Wildman–Crippen LogP) is 5.61. The van der Waals surface area contributed by atoms with Gasteiger partial charge in [-0.25, -0.2) is 4.98 Å². The second-order valence-corrected chi connectivity index (χ2v) is 8.00. The average Bonchev–Trinajstić information content (AvgIpc) is 3.12. The number of carbonyl (C=O) groups is 1. The molecule has 5 heteroatoms. The van der Waals surface area contributed by atoms with Crippen LogP contribution in [-0.4, -0.2) is 22.1 Å². The topological polar surface area (TPSA) is 56.2 Å². The van der Waals surface area contributed by atoms with Gasteiger partial charge in [0.1, 0.15) is 11.6 Å². The molecular formula is C25H33N3O2. The van der Waals surface area contributed by atoms with Crippen LogP contribution in [0.15, 0.2) is 48.5 Å². The van der Waals surface area contributed by atoms with Gasteiger partial charge in [0.05, 0.1) is 23.7 Å². The molecule has 0 fully saturated rings. The highest BCUT2D eigenvalue weighted by atomic mass is 16.5. The molecule has 1 heterocycles. The van der Waals surface area contributed by atoms with Crippen LogP contribution in [-0.2, 0) is 11.3 Å². The van der Waals surface area contributed by atoms with Crippen molar-refractivity contribution in [1.82, 2.24) is 14.9 Å². The van der Waals surface area contributed by atoms with Gasteiger partial charge in [0.2, 0.25) is 5.91 Å². The molecule has 2 aromatic carbocycles. The second kappa shape index (κ2) is 10.3. The third kappa shape index (κ3) is 5.21. The Hall–Kier alpha value is -2.82. The summed E-state index contributed by atoms with van der Waals surface area (Å²) < 4.78 is 8.30. The van der Waals surface area contributed by atoms with Gasteiger partial charge in [0.15, 0.2) is 0 Å². The number of para-hydroxylation sites is 3. The van der Waals surface area contributed by atoms with Crippen LogP contribution in [0.3, 0.4) is 0 Å². The molecule has 0 aliphatic heterocycles. The molecule has 30 heavy (non-hydrogen) atoms. The van der Waals surface area contributed by atoms with Gasteiger partial charge in [-0.15, -0.1) is 0 Å². The highest BCUT2D eigenvalue weighted by molar-refractivity contribution is 5.77. The first kappa shape index (κ1) is 21.9. The SMILES string of the molecule is CCC(=O)NC(C)c1nc2ccccc2n1CCCCOc1ccccc1C(C)C. The number of nitrogens with zero attached hydrogens (tertiary/aromatic N) is 2. The van der Waals surface area contributed by atoms with E-state index in [1.807, 2.05) is 38.1 Å². The fraction of sp³-hybridized carbons (Fsp3) is 0.440. The lowest BCUT2D eigenvalue weighted by Gasteiger charge is -2.16. The number of benzene rings is 2. The molecule has 1 atom stereocenters. The Bertz CT molecular complexity index is 977. The third-order valence-corrected chi connectivity index (χ3v) is 5.34. The van der Waals surface area contributed by atoms with Crippen molar-refractivity contribution in [2.75, 3.05) is 6.61 Å². The lowest BCUT2D eigenvalue weighted by molar-refractivity contribution is -0.121. The average molecular weight is 408 g/mol. The van der Waals surface area contributed by atoms with E-state index in [1.165, 1.54) is 5.56 Å². The molecule has 0 saturated carbocycles. The molecule has 3 rings (SSSR count). The van der Waals surface area contributed by atoms with Gasteiger partial charge in [0.25, 0.3) is 0 Å². The van der Waals surface area contributed by atoms with Crippen LogP contribution in [0.2, 0.25) is 0 Å². The lowest BCUT2D eigenvalue weighted by atomic mass is 10.0. The van der Waals surface area contributed by atoms with E-state index < -0.39 is 0 Å². The number of rotatable bonds is 10. The molecule has 0 radical (unpaired) electrons. The summed E-state index contributed by atoms with van der Waals surface area (Å²) in [6.07, 6.45) is 2.40. The number of aromatic nitrogens is 2. The Morgan fingerprint density at radius 3 is 2.57 bits per heavy atom. The van der Waals surface area contributed by atoms with Crippen LogP contribution >= 0.6 is 0 Å². The summed E-state index contributed by atoms with van der Waals surface area (Å²) in [6.45, 7) is 9.77. The van der Waals surface area contributed by atoms with E-state index in [1.54, 1.807) is 0 Å². The van der Waals surface area contributed by atoms with E-state index in [0.717, 1.165) is 42.0 Å². The van der Waals surface area contributed by atoms with Crippen LogP contribution in [0.25, 0.3) is 11.0 Å². The Labute approximate surface area is 179 Å². The highest BCUT2D eigenvalue weighted by Gasteiger charge is 2.17. The monoisotopic (exact) mass is 407 g/mol. The first-order chi connectivity index (χ1) is 14.5. The second-order valence-electron chi connectivity index (χ2n) is 8.00. The minimum Gasteiger partial charge on any atom is -0.493 e. The van der Waals surface area contributed by atoms with Crippen molar-refractivity contribution in [3.63, 3.8) is 0 Å². The minimum absolute atomic E-state index is 0.0401. The normalized spacial score (nSPS) is 12.3. The molecule has 0 aliphatic carbocycles. The Morgan fingerprint density at radius 1 is 1.07 bits per heavy atom. The van der Waals surface area contributed by atoms with Crippen LogP contribution in [0.1, 0.15) is 70.3 Å². The van der Waals surface area contributed by atoms with E-state index in [9.17, 15) is 4.79 Å². The molecule has 1 unspecified atom stereocenters. The van der Waals surface area contributed by atoms with E-state index in [-0.39, 0.29) is 11.9 Å². The fourth-order valence-electron chi connectivity index (χ4n) is 3.71. The number of unbranched alkanes of at least 4 members (excludes halogenated alkanes) is 1. The maximum atomic E-state index is 11.9. The summed E-state index contributed by atoms with van der Waals surface area (Å²) in [5, 5.41) is 3.04. The van der Waals surface area contributed by atoms with Crippen molar-refractivity contribution in [3.05, 3.63) is 59.9 Å². The number of nitrogens with one attached hydrogen (secondary N) is 1. The van der Waals surface area contributed by atoms with Crippen LogP contribution in [0, 0.1) is 0 Å². The van der Waals surface area contributed by atoms with Gasteiger partial charge >= 0.3 is 0 Å². The van der Waals surface area contributed by atoms with Crippen molar-refractivity contribution in [2.24, 2.45) is 0 Å². The van der Waals surface area contributed by atoms with Crippen LogP contribution < -0.4 is 10.1 Å². The third-order valence-electron chi connectivity index (χ3n) is 5.34. The summed E-state index contributed by atoms with van der Waals surface area (Å²) in [6, 6.07) is 16.3. The van der Waals surface area contributed by atoms with Gasteiger partial charge < -0.3 is 14.6 Å². The standard InChI is InChI=1S/C25H33N3O2/c1-5-24(29)26-19(4)25-27-21-13-7-8-14-22(21)28(25)16-10-11-17-30-23-15-9-6-12-20(23)18(2)3/h6-9,12-15,18-19H,5,10-11,16-17H2,1-4H3,(H,26,29). The Morgan fingerprint density at radius 2 is 1.80 bits per heavy atom. The van der Waals surface area contributed by atoms with Crippen molar-refractivity contribution in [2.45, 2.75) is 65.5 Å². The maximum absolute atomic E-state index is 11.9. The number of hydrogen-bond donors (Lipinski definition) is 1. The number of imidazole rings is 1. The minimum atomic E-state index is -0.126. The molecule has 0 aliphatic rings. The molecule has 0 spiro atoms. The van der Waals surface area contributed by atoms with E-state index in [0.29, 0.717) is 18.9 Å². The Balaban J connectivity index is 1.64. The lowest BCUT2D eigenvalue weighted by Crippen LogP contribution is -2.28. The molecule has 160 valence electrons. The van der Waals surface area contributed by atoms with Crippen molar-refractivity contribution >= 4 is 16.9 Å². The zero-order chi connectivity index (χ0) is 21.5. The summed E-state index contributed by atoms with van der Waals surface area (Å²) >= 11 is 0. The summed E-state index contributed by atoms with van der Waals surface area (Å²) in [5.41, 5.74) is 3.32. The molecule has 0 bridgehead atoms. The number of amides is 1. The van der Waals surface area contributed by atoms with Crippen molar-refractivity contribution < 1.29 is 9.53 Å². The van der Waals surface area contributed by atoms with Gasteiger partial charge in [-0.2, -0.15) is 0 Å². The highest BCUT2D eigenvalue weighted by Crippen LogP contribution is 2.26. The molecule has 5 nitrogen and oxygen atoms in total. The van der Waals surface area contributed by atoms with Crippen LogP contribution in [0.5, 0.6) is 5.75 Å². The zero-order valence-corrected chi connectivity index (χ0v) is 18.5. The molecule has 1 N–H and O–H groups in total. The molecule has 1 amide bonds. The van der Waals surface area contributed by atoms with Gasteiger partial charge in [-0.1, -0.05) is 51.1 Å². The summed E-state index contributed by atoms with van der Waals surface area (Å²) in [5.74, 6) is 2.38. The zero-order valence-electron chi connectivity index (χ0n) is 18.5. The molecule has 0 saturated heterocycles. The number of aryl methyl sites for hydroxylation is 1. The number of carbonyl (C=O) groups excluding carboxylic acids is 1. The summed E-state index contributed by atoms with van der Waals surface area (Å²) in [7, 11) is 0. The van der Waals surface area contributed by atoms with E-state index in [4.69, 9.17) is 9.72 Å². The molecular weight excluding hydrogens is 374 g/mol. The quantitative estimate of drug-likeness (QED) is 0.445. The smallest absolute Gasteiger partial charge is 0.220 e. The van der Waals surface area contributed by atoms with E-state index >= 15 is 0 Å². The molecule has 3 aromatic rings. The predicted molar refractivity (Wildman–Crippen MR) is 122 cm³/mol. The number of hydrogen-bond acceptors (Lipinski definition) is 3.